The highest BCUT2D eigenvalue weighted by Crippen LogP contribution is 2.18. The van der Waals surface area contributed by atoms with Crippen LogP contribution in [0.5, 0.6) is 0 Å². The van der Waals surface area contributed by atoms with Crippen molar-refractivity contribution < 1.29 is 9.53 Å². The van der Waals surface area contributed by atoms with E-state index in [1.54, 1.807) is 0 Å². The molecule has 1 heterocycles. The number of nitrogens with one attached hydrogen (secondary N) is 2. The standard InChI is InChI=1S/C12H24N2O2/c1-9(12(2,3)4)14-11(15)13-8-10-6-5-7-16-10/h9-10H,5-8H2,1-4H3,(H2,13,14,15)/t9-,10-/m1/s1. The number of ether oxygens (including phenoxy) is 1. The fourth-order valence-corrected chi connectivity index (χ4v) is 1.48. The van der Waals surface area contributed by atoms with Gasteiger partial charge < -0.3 is 15.4 Å². The van der Waals surface area contributed by atoms with Crippen molar-refractivity contribution in [3.63, 3.8) is 0 Å². The fraction of sp³-hybridized carbons (Fsp3) is 0.917. The van der Waals surface area contributed by atoms with Gasteiger partial charge in [-0.05, 0) is 25.2 Å². The summed E-state index contributed by atoms with van der Waals surface area (Å²) in [5.74, 6) is 0. The molecule has 0 radical (unpaired) electrons. The van der Waals surface area contributed by atoms with E-state index in [-0.39, 0.29) is 23.6 Å². The van der Waals surface area contributed by atoms with Gasteiger partial charge in [-0.1, -0.05) is 20.8 Å². The third-order valence-electron chi connectivity index (χ3n) is 3.16. The first-order chi connectivity index (χ1) is 7.39. The summed E-state index contributed by atoms with van der Waals surface area (Å²) in [6.45, 7) is 9.79. The highest BCUT2D eigenvalue weighted by Gasteiger charge is 2.22. The normalized spacial score (nSPS) is 22.9. The lowest BCUT2D eigenvalue weighted by Gasteiger charge is -2.28. The van der Waals surface area contributed by atoms with Crippen LogP contribution in [0, 0.1) is 5.41 Å². The average molecular weight is 228 g/mol. The maximum absolute atomic E-state index is 11.6. The molecule has 1 aliphatic rings. The zero-order valence-corrected chi connectivity index (χ0v) is 10.8. The molecule has 1 aliphatic heterocycles. The molecule has 2 atom stereocenters. The van der Waals surface area contributed by atoms with Gasteiger partial charge >= 0.3 is 6.03 Å². The summed E-state index contributed by atoms with van der Waals surface area (Å²) < 4.78 is 5.43. The van der Waals surface area contributed by atoms with Crippen molar-refractivity contribution in [3.05, 3.63) is 0 Å². The van der Waals surface area contributed by atoms with Gasteiger partial charge in [0.1, 0.15) is 0 Å². The zero-order valence-electron chi connectivity index (χ0n) is 10.8. The van der Waals surface area contributed by atoms with Crippen molar-refractivity contribution >= 4 is 6.03 Å². The first-order valence-electron chi connectivity index (χ1n) is 6.05. The number of hydrogen-bond acceptors (Lipinski definition) is 2. The summed E-state index contributed by atoms with van der Waals surface area (Å²) in [6.07, 6.45) is 2.36. The maximum atomic E-state index is 11.6. The number of urea groups is 1. The predicted octanol–water partition coefficient (Wildman–Crippen LogP) is 1.90. The molecule has 0 aromatic carbocycles. The molecule has 16 heavy (non-hydrogen) atoms. The molecule has 0 aromatic rings. The Morgan fingerprint density at radius 2 is 2.19 bits per heavy atom. The number of carbonyl (C=O) groups is 1. The van der Waals surface area contributed by atoms with Gasteiger partial charge in [0, 0.05) is 19.2 Å². The second kappa shape index (κ2) is 5.53. The molecule has 1 fully saturated rings. The Balaban J connectivity index is 2.20. The Labute approximate surface area is 98.1 Å². The van der Waals surface area contributed by atoms with Crippen molar-refractivity contribution in [1.29, 1.82) is 0 Å². The molecule has 2 amide bonds. The van der Waals surface area contributed by atoms with Crippen molar-refractivity contribution in [2.45, 2.75) is 52.7 Å². The van der Waals surface area contributed by atoms with Crippen molar-refractivity contribution in [3.8, 4) is 0 Å². The molecule has 0 spiro atoms. The third kappa shape index (κ3) is 4.39. The van der Waals surface area contributed by atoms with E-state index in [0.717, 1.165) is 19.4 Å². The largest absolute Gasteiger partial charge is 0.376 e. The van der Waals surface area contributed by atoms with Crippen LogP contribution in [0.4, 0.5) is 4.79 Å². The van der Waals surface area contributed by atoms with Crippen LogP contribution in [0.3, 0.4) is 0 Å². The van der Waals surface area contributed by atoms with E-state index < -0.39 is 0 Å². The number of carbonyl (C=O) groups excluding carboxylic acids is 1. The Morgan fingerprint density at radius 3 is 2.69 bits per heavy atom. The Hall–Kier alpha value is -0.770. The Kier molecular flexibility index (Phi) is 4.59. The van der Waals surface area contributed by atoms with Gasteiger partial charge in [0.15, 0.2) is 0 Å². The minimum atomic E-state index is -0.0991. The van der Waals surface area contributed by atoms with Crippen LogP contribution in [0.25, 0.3) is 0 Å². The minimum Gasteiger partial charge on any atom is -0.376 e. The van der Waals surface area contributed by atoms with Crippen LogP contribution in [0.2, 0.25) is 0 Å². The quantitative estimate of drug-likeness (QED) is 0.775. The van der Waals surface area contributed by atoms with Gasteiger partial charge in [-0.15, -0.1) is 0 Å². The number of amides is 2. The van der Waals surface area contributed by atoms with Crippen LogP contribution in [0.15, 0.2) is 0 Å². The molecule has 94 valence electrons. The summed E-state index contributed by atoms with van der Waals surface area (Å²) >= 11 is 0. The first kappa shape index (κ1) is 13.3. The molecule has 0 bridgehead atoms. The average Bonchev–Trinajstić information content (AvgIpc) is 2.65. The molecule has 2 N–H and O–H groups in total. The third-order valence-corrected chi connectivity index (χ3v) is 3.16. The summed E-state index contributed by atoms with van der Waals surface area (Å²) in [7, 11) is 0. The molecule has 1 saturated heterocycles. The Morgan fingerprint density at radius 1 is 1.50 bits per heavy atom. The van der Waals surface area contributed by atoms with Crippen LogP contribution in [0.1, 0.15) is 40.5 Å². The van der Waals surface area contributed by atoms with E-state index >= 15 is 0 Å². The van der Waals surface area contributed by atoms with Gasteiger partial charge in [0.2, 0.25) is 0 Å². The zero-order chi connectivity index (χ0) is 12.2. The van der Waals surface area contributed by atoms with E-state index in [1.807, 2.05) is 6.92 Å². The maximum Gasteiger partial charge on any atom is 0.315 e. The molecule has 0 unspecified atom stereocenters. The molecule has 0 aliphatic carbocycles. The van der Waals surface area contributed by atoms with Crippen LogP contribution in [-0.4, -0.2) is 31.3 Å². The molecule has 0 saturated carbocycles. The van der Waals surface area contributed by atoms with Crippen molar-refractivity contribution in [2.24, 2.45) is 5.41 Å². The van der Waals surface area contributed by atoms with Gasteiger partial charge in [0.25, 0.3) is 0 Å². The predicted molar refractivity (Wildman–Crippen MR) is 64.4 cm³/mol. The van der Waals surface area contributed by atoms with E-state index in [9.17, 15) is 4.79 Å². The fourth-order valence-electron chi connectivity index (χ4n) is 1.48. The van der Waals surface area contributed by atoms with Crippen molar-refractivity contribution in [1.82, 2.24) is 10.6 Å². The number of rotatable bonds is 3. The second-order valence-corrected chi connectivity index (χ2v) is 5.58. The molecule has 4 heteroatoms. The highest BCUT2D eigenvalue weighted by molar-refractivity contribution is 5.74. The monoisotopic (exact) mass is 228 g/mol. The summed E-state index contributed by atoms with van der Waals surface area (Å²) in [6, 6.07) is 0.0509. The van der Waals surface area contributed by atoms with E-state index in [4.69, 9.17) is 4.74 Å². The van der Waals surface area contributed by atoms with E-state index in [2.05, 4.69) is 31.4 Å². The topological polar surface area (TPSA) is 50.4 Å². The summed E-state index contributed by atoms with van der Waals surface area (Å²) in [5, 5.41) is 5.79. The van der Waals surface area contributed by atoms with Gasteiger partial charge in [-0.25, -0.2) is 4.79 Å². The van der Waals surface area contributed by atoms with E-state index in [1.165, 1.54) is 0 Å². The van der Waals surface area contributed by atoms with Crippen LogP contribution < -0.4 is 10.6 Å². The minimum absolute atomic E-state index is 0.0845. The lowest BCUT2D eigenvalue weighted by atomic mass is 9.88. The highest BCUT2D eigenvalue weighted by atomic mass is 16.5. The van der Waals surface area contributed by atoms with Crippen LogP contribution >= 0.6 is 0 Å². The van der Waals surface area contributed by atoms with E-state index in [0.29, 0.717) is 6.54 Å². The van der Waals surface area contributed by atoms with Gasteiger partial charge in [-0.3, -0.25) is 0 Å². The Bertz CT molecular complexity index is 230. The lowest BCUT2D eigenvalue weighted by Crippen LogP contribution is -2.47. The number of hydrogen-bond donors (Lipinski definition) is 2. The van der Waals surface area contributed by atoms with Gasteiger partial charge in [0.05, 0.1) is 6.10 Å². The molecular formula is C12H24N2O2. The molecule has 4 nitrogen and oxygen atoms in total. The lowest BCUT2D eigenvalue weighted by molar-refractivity contribution is 0.111. The molecule has 1 rings (SSSR count). The SMILES string of the molecule is C[C@@H](NC(=O)NC[C@H]1CCCO1)C(C)(C)C. The first-order valence-corrected chi connectivity index (χ1v) is 6.05. The summed E-state index contributed by atoms with van der Waals surface area (Å²) in [5.41, 5.74) is 0.0845. The molecular weight excluding hydrogens is 204 g/mol. The van der Waals surface area contributed by atoms with Crippen LogP contribution in [-0.2, 0) is 4.74 Å². The van der Waals surface area contributed by atoms with Gasteiger partial charge in [-0.2, -0.15) is 0 Å². The van der Waals surface area contributed by atoms with Crippen molar-refractivity contribution in [2.75, 3.05) is 13.2 Å². The summed E-state index contributed by atoms with van der Waals surface area (Å²) in [4.78, 5) is 11.6. The smallest absolute Gasteiger partial charge is 0.315 e. The molecule has 0 aromatic heterocycles. The second-order valence-electron chi connectivity index (χ2n) is 5.58.